The van der Waals surface area contributed by atoms with Gasteiger partial charge in [0.1, 0.15) is 5.82 Å². The number of hydrogen-bond donors (Lipinski definition) is 4. The molecule has 0 aliphatic heterocycles. The van der Waals surface area contributed by atoms with Crippen molar-refractivity contribution >= 4 is 28.9 Å². The van der Waals surface area contributed by atoms with Gasteiger partial charge in [0.15, 0.2) is 0 Å². The molecule has 6 N–H and O–H groups in total. The Balaban J connectivity index is 2.36. The van der Waals surface area contributed by atoms with E-state index in [0.717, 1.165) is 11.3 Å². The van der Waals surface area contributed by atoms with Gasteiger partial charge in [0.25, 0.3) is 0 Å². The monoisotopic (exact) mass is 320 g/mol. The van der Waals surface area contributed by atoms with E-state index in [9.17, 15) is 0 Å². The number of nitrogens with one attached hydrogen (secondary N) is 2. The first kappa shape index (κ1) is 17.0. The zero-order valence-corrected chi connectivity index (χ0v) is 13.5. The van der Waals surface area contributed by atoms with Crippen LogP contribution in [-0.2, 0) is 0 Å². The van der Waals surface area contributed by atoms with Crippen LogP contribution in [0.3, 0.4) is 0 Å². The number of nitrogens with two attached hydrogens (primary N) is 2. The molecule has 2 rings (SSSR count). The van der Waals surface area contributed by atoms with Crippen LogP contribution in [0, 0.1) is 5.41 Å². The minimum Gasteiger partial charge on any atom is -0.398 e. The van der Waals surface area contributed by atoms with Crippen molar-refractivity contribution < 1.29 is 0 Å². The summed E-state index contributed by atoms with van der Waals surface area (Å²) in [4.78, 5) is 7.95. The number of rotatable bonds is 6. The molecule has 0 radical (unpaired) electrons. The molecule has 1 aromatic heterocycles. The van der Waals surface area contributed by atoms with Crippen LogP contribution < -0.4 is 16.8 Å². The zero-order valence-electron chi connectivity index (χ0n) is 13.5. The van der Waals surface area contributed by atoms with Crippen LogP contribution in [-0.4, -0.2) is 15.7 Å². The van der Waals surface area contributed by atoms with Gasteiger partial charge in [-0.05, 0) is 36.8 Å². The molecule has 0 spiro atoms. The Labute approximate surface area is 141 Å². The second kappa shape index (κ2) is 7.73. The Bertz CT molecular complexity index is 820. The van der Waals surface area contributed by atoms with E-state index in [1.54, 1.807) is 36.5 Å². The Morgan fingerprint density at radius 3 is 2.75 bits per heavy atom. The summed E-state index contributed by atoms with van der Waals surface area (Å²) in [5.41, 5.74) is 14.6. The molecule has 0 amide bonds. The van der Waals surface area contributed by atoms with E-state index < -0.39 is 0 Å². The second-order valence-corrected chi connectivity index (χ2v) is 4.96. The number of benzene rings is 1. The third-order valence-electron chi connectivity index (χ3n) is 3.20. The summed E-state index contributed by atoms with van der Waals surface area (Å²) < 4.78 is 0. The molecule has 6 nitrogen and oxygen atoms in total. The van der Waals surface area contributed by atoms with Gasteiger partial charge >= 0.3 is 0 Å². The van der Waals surface area contributed by atoms with Crippen molar-refractivity contribution in [3.05, 3.63) is 72.5 Å². The predicted molar refractivity (Wildman–Crippen MR) is 101 cm³/mol. The van der Waals surface area contributed by atoms with Crippen molar-refractivity contribution in [2.24, 2.45) is 0 Å². The van der Waals surface area contributed by atoms with Gasteiger partial charge in [0, 0.05) is 23.1 Å². The first-order valence-corrected chi connectivity index (χ1v) is 7.35. The van der Waals surface area contributed by atoms with E-state index >= 15 is 0 Å². The summed E-state index contributed by atoms with van der Waals surface area (Å²) in [6.45, 7) is 5.58. The third-order valence-corrected chi connectivity index (χ3v) is 3.20. The first-order chi connectivity index (χ1) is 11.5. The van der Waals surface area contributed by atoms with E-state index in [-0.39, 0.29) is 5.95 Å². The molecule has 0 fully saturated rings. The topological polar surface area (TPSA) is 114 Å². The highest BCUT2D eigenvalue weighted by molar-refractivity contribution is 6.15. The number of allylic oxidation sites excluding steroid dienone is 5. The number of aromatic nitrogens is 2. The normalized spacial score (nSPS) is 11.5. The molecule has 0 bridgehead atoms. The zero-order chi connectivity index (χ0) is 17.5. The molecule has 1 aromatic carbocycles. The average molecular weight is 320 g/mol. The van der Waals surface area contributed by atoms with Crippen molar-refractivity contribution in [2.75, 3.05) is 16.8 Å². The maximum Gasteiger partial charge on any atom is 0.221 e. The van der Waals surface area contributed by atoms with Crippen LogP contribution in [0.4, 0.5) is 23.1 Å². The standard InChI is InChI=1S/C18H20N6/c1-3-5-12(6-4-2)17(20)14-11-13(7-8-15(14)19)23-16-9-10-22-18(21)24-16/h3-11,20H,1,19H2,2H3,(H3,21,22,23,24)/b6-4-,12-5+,20-17?. The van der Waals surface area contributed by atoms with Gasteiger partial charge in [-0.25, -0.2) is 4.98 Å². The molecular weight excluding hydrogens is 300 g/mol. The van der Waals surface area contributed by atoms with Gasteiger partial charge in [-0.2, -0.15) is 4.98 Å². The van der Waals surface area contributed by atoms with Gasteiger partial charge in [-0.15, -0.1) is 0 Å². The number of anilines is 4. The van der Waals surface area contributed by atoms with Crippen LogP contribution in [0.25, 0.3) is 0 Å². The maximum atomic E-state index is 8.42. The van der Waals surface area contributed by atoms with Crippen molar-refractivity contribution in [3.63, 3.8) is 0 Å². The highest BCUT2D eigenvalue weighted by atomic mass is 15.1. The quantitative estimate of drug-likeness (QED) is 0.370. The van der Waals surface area contributed by atoms with E-state index in [4.69, 9.17) is 16.9 Å². The average Bonchev–Trinajstić information content (AvgIpc) is 2.56. The Hall–Kier alpha value is -3.41. The van der Waals surface area contributed by atoms with Crippen LogP contribution in [0.2, 0.25) is 0 Å². The smallest absolute Gasteiger partial charge is 0.221 e. The highest BCUT2D eigenvalue weighted by Crippen LogP contribution is 2.23. The molecule has 24 heavy (non-hydrogen) atoms. The minimum atomic E-state index is 0.188. The van der Waals surface area contributed by atoms with Crippen molar-refractivity contribution in [1.82, 2.24) is 9.97 Å². The van der Waals surface area contributed by atoms with Gasteiger partial charge in [-0.3, -0.25) is 5.41 Å². The van der Waals surface area contributed by atoms with Gasteiger partial charge in [0.2, 0.25) is 5.95 Å². The summed E-state index contributed by atoms with van der Waals surface area (Å²) in [5.74, 6) is 0.757. The maximum absolute atomic E-state index is 8.42. The van der Waals surface area contributed by atoms with E-state index in [2.05, 4.69) is 21.9 Å². The largest absolute Gasteiger partial charge is 0.398 e. The van der Waals surface area contributed by atoms with E-state index in [1.807, 2.05) is 25.1 Å². The third kappa shape index (κ3) is 4.07. The molecule has 0 aliphatic carbocycles. The fraction of sp³-hybridized carbons (Fsp3) is 0.0556. The fourth-order valence-electron chi connectivity index (χ4n) is 2.13. The van der Waals surface area contributed by atoms with Crippen molar-refractivity contribution in [1.29, 1.82) is 5.41 Å². The number of nitrogen functional groups attached to an aromatic ring is 2. The van der Waals surface area contributed by atoms with Crippen LogP contribution in [0.5, 0.6) is 0 Å². The first-order valence-electron chi connectivity index (χ1n) is 7.35. The molecule has 2 aromatic rings. The molecule has 6 heteroatoms. The molecule has 0 atom stereocenters. The molecule has 1 heterocycles. The highest BCUT2D eigenvalue weighted by Gasteiger charge is 2.10. The van der Waals surface area contributed by atoms with Crippen LogP contribution >= 0.6 is 0 Å². The summed E-state index contributed by atoms with van der Waals surface area (Å²) in [6, 6.07) is 7.08. The lowest BCUT2D eigenvalue weighted by Gasteiger charge is -2.12. The predicted octanol–water partition coefficient (Wildman–Crippen LogP) is 3.44. The lowest BCUT2D eigenvalue weighted by atomic mass is 9.99. The van der Waals surface area contributed by atoms with E-state index in [1.165, 1.54) is 0 Å². The minimum absolute atomic E-state index is 0.188. The summed E-state index contributed by atoms with van der Waals surface area (Å²) in [5, 5.41) is 11.6. The number of nitrogens with zero attached hydrogens (tertiary/aromatic N) is 2. The SMILES string of the molecule is C=C/C=C(\C=C/C)C(=N)c1cc(Nc2ccnc(N)n2)ccc1N. The van der Waals surface area contributed by atoms with Gasteiger partial charge < -0.3 is 16.8 Å². The fourth-order valence-corrected chi connectivity index (χ4v) is 2.13. The second-order valence-electron chi connectivity index (χ2n) is 4.96. The molecule has 0 unspecified atom stereocenters. The van der Waals surface area contributed by atoms with E-state index in [0.29, 0.717) is 22.8 Å². The summed E-state index contributed by atoms with van der Waals surface area (Å²) >= 11 is 0. The Morgan fingerprint density at radius 2 is 2.08 bits per heavy atom. The van der Waals surface area contributed by atoms with Gasteiger partial charge in [0.05, 0.1) is 5.71 Å². The van der Waals surface area contributed by atoms with Gasteiger partial charge in [-0.1, -0.05) is 30.9 Å². The Kier molecular flexibility index (Phi) is 5.46. The summed E-state index contributed by atoms with van der Waals surface area (Å²) in [6.07, 6.45) is 8.70. The van der Waals surface area contributed by atoms with Crippen LogP contribution in [0.1, 0.15) is 12.5 Å². The van der Waals surface area contributed by atoms with Crippen molar-refractivity contribution in [3.8, 4) is 0 Å². The Morgan fingerprint density at radius 1 is 1.29 bits per heavy atom. The molecular formula is C18H20N6. The molecule has 0 aliphatic rings. The lowest BCUT2D eigenvalue weighted by Crippen LogP contribution is -2.07. The number of hydrogen-bond acceptors (Lipinski definition) is 6. The lowest BCUT2D eigenvalue weighted by molar-refractivity contribution is 1.18. The molecule has 0 saturated heterocycles. The molecule has 122 valence electrons. The summed E-state index contributed by atoms with van der Waals surface area (Å²) in [7, 11) is 0. The molecule has 0 saturated carbocycles. The van der Waals surface area contributed by atoms with Crippen LogP contribution in [0.15, 0.2) is 66.9 Å². The van der Waals surface area contributed by atoms with Crippen molar-refractivity contribution in [2.45, 2.75) is 6.92 Å².